The molecule has 3 nitrogen and oxygen atoms in total. The maximum Gasteiger partial charge on any atom is 0.192 e. The predicted octanol–water partition coefficient (Wildman–Crippen LogP) is 1.42. The van der Waals surface area contributed by atoms with Gasteiger partial charge in [-0.2, -0.15) is 5.26 Å². The molecule has 0 unspecified atom stereocenters. The lowest BCUT2D eigenvalue weighted by molar-refractivity contribution is 0.479. The molecule has 0 amide bonds. The lowest BCUT2D eigenvalue weighted by Gasteiger charge is -1.83. The smallest absolute Gasteiger partial charge is 0.192 e. The molecule has 0 fully saturated rings. The number of aryl methyl sites for hydroxylation is 2. The number of rotatable bonds is 1. The number of hydrogen-bond acceptors (Lipinski definition) is 3. The summed E-state index contributed by atoms with van der Waals surface area (Å²) < 4.78 is 5.12. The summed E-state index contributed by atoms with van der Waals surface area (Å²) in [4.78, 5) is 3.87. The standard InChI is InChI=1S/C7H8N2O/c1-3-7-6(4-8)9-5(2)10-7/h3H2,1-2H3. The van der Waals surface area contributed by atoms with Gasteiger partial charge in [0.2, 0.25) is 0 Å². The van der Waals surface area contributed by atoms with Crippen molar-refractivity contribution in [1.82, 2.24) is 4.98 Å². The van der Waals surface area contributed by atoms with Gasteiger partial charge in [0, 0.05) is 13.3 Å². The average molecular weight is 136 g/mol. The van der Waals surface area contributed by atoms with Crippen LogP contribution in [0.2, 0.25) is 0 Å². The van der Waals surface area contributed by atoms with E-state index < -0.39 is 0 Å². The van der Waals surface area contributed by atoms with E-state index in [1.165, 1.54) is 0 Å². The first kappa shape index (κ1) is 6.81. The minimum atomic E-state index is 0.417. The molecule has 52 valence electrons. The van der Waals surface area contributed by atoms with Crippen molar-refractivity contribution in [2.24, 2.45) is 0 Å². The quantitative estimate of drug-likeness (QED) is 0.586. The zero-order valence-corrected chi connectivity index (χ0v) is 6.01. The highest BCUT2D eigenvalue weighted by atomic mass is 16.4. The van der Waals surface area contributed by atoms with Crippen LogP contribution >= 0.6 is 0 Å². The second-order valence-electron chi connectivity index (χ2n) is 1.97. The van der Waals surface area contributed by atoms with E-state index in [9.17, 15) is 0 Å². The topological polar surface area (TPSA) is 49.8 Å². The van der Waals surface area contributed by atoms with Crippen LogP contribution in [0.1, 0.15) is 24.3 Å². The van der Waals surface area contributed by atoms with Crippen LogP contribution in [0.15, 0.2) is 4.42 Å². The molecular formula is C7H8N2O. The summed E-state index contributed by atoms with van der Waals surface area (Å²) in [7, 11) is 0. The molecule has 1 aromatic heterocycles. The summed E-state index contributed by atoms with van der Waals surface area (Å²) >= 11 is 0. The van der Waals surface area contributed by atoms with E-state index in [1.807, 2.05) is 13.0 Å². The molecule has 0 saturated carbocycles. The van der Waals surface area contributed by atoms with Crippen LogP contribution in [0.4, 0.5) is 0 Å². The Morgan fingerprint density at radius 3 is 2.80 bits per heavy atom. The third kappa shape index (κ3) is 1.01. The van der Waals surface area contributed by atoms with Gasteiger partial charge >= 0.3 is 0 Å². The van der Waals surface area contributed by atoms with E-state index in [0.717, 1.165) is 6.42 Å². The van der Waals surface area contributed by atoms with E-state index in [0.29, 0.717) is 17.3 Å². The van der Waals surface area contributed by atoms with Crippen LogP contribution in [-0.2, 0) is 6.42 Å². The average Bonchev–Trinajstić information content (AvgIpc) is 2.30. The van der Waals surface area contributed by atoms with Crippen LogP contribution in [0, 0.1) is 18.3 Å². The highest BCUT2D eigenvalue weighted by Crippen LogP contribution is 2.08. The fourth-order valence-electron chi connectivity index (χ4n) is 0.796. The Morgan fingerprint density at radius 2 is 2.40 bits per heavy atom. The molecule has 0 bridgehead atoms. The third-order valence-corrected chi connectivity index (χ3v) is 1.23. The molecule has 10 heavy (non-hydrogen) atoms. The summed E-state index contributed by atoms with van der Waals surface area (Å²) in [6.07, 6.45) is 0.726. The molecule has 0 aliphatic heterocycles. The zero-order chi connectivity index (χ0) is 7.56. The Bertz CT molecular complexity index is 270. The lowest BCUT2D eigenvalue weighted by atomic mass is 10.3. The minimum Gasteiger partial charge on any atom is -0.445 e. The van der Waals surface area contributed by atoms with Gasteiger partial charge < -0.3 is 4.42 Å². The van der Waals surface area contributed by atoms with Crippen LogP contribution < -0.4 is 0 Å². The Kier molecular flexibility index (Phi) is 1.72. The fraction of sp³-hybridized carbons (Fsp3) is 0.429. The Morgan fingerprint density at radius 1 is 1.70 bits per heavy atom. The van der Waals surface area contributed by atoms with Crippen molar-refractivity contribution >= 4 is 0 Å². The molecule has 0 aliphatic carbocycles. The summed E-state index contributed by atoms with van der Waals surface area (Å²) in [5.41, 5.74) is 0.417. The predicted molar refractivity (Wildman–Crippen MR) is 35.3 cm³/mol. The Labute approximate surface area is 59.3 Å². The monoisotopic (exact) mass is 136 g/mol. The molecule has 1 aromatic rings. The van der Waals surface area contributed by atoms with Gasteiger partial charge in [0.15, 0.2) is 11.6 Å². The van der Waals surface area contributed by atoms with Crippen LogP contribution in [-0.4, -0.2) is 4.98 Å². The molecule has 0 aliphatic rings. The molecule has 1 heterocycles. The molecule has 3 heteroatoms. The van der Waals surface area contributed by atoms with Crippen molar-refractivity contribution in [2.75, 3.05) is 0 Å². The van der Waals surface area contributed by atoms with Crippen LogP contribution in [0.25, 0.3) is 0 Å². The number of nitrogens with zero attached hydrogens (tertiary/aromatic N) is 2. The van der Waals surface area contributed by atoms with Crippen molar-refractivity contribution in [3.8, 4) is 6.07 Å². The summed E-state index contributed by atoms with van der Waals surface area (Å²) in [5, 5.41) is 8.49. The zero-order valence-electron chi connectivity index (χ0n) is 6.01. The van der Waals surface area contributed by atoms with E-state index in [1.54, 1.807) is 6.92 Å². The second kappa shape index (κ2) is 2.53. The van der Waals surface area contributed by atoms with Gasteiger partial charge in [-0.1, -0.05) is 6.92 Å². The highest BCUT2D eigenvalue weighted by Gasteiger charge is 2.06. The SMILES string of the molecule is CCc1oc(C)nc1C#N. The molecular weight excluding hydrogens is 128 g/mol. The molecule has 0 radical (unpaired) electrons. The molecule has 0 saturated heterocycles. The van der Waals surface area contributed by atoms with Gasteiger partial charge in [0.1, 0.15) is 11.8 Å². The summed E-state index contributed by atoms with van der Waals surface area (Å²) in [5.74, 6) is 1.24. The second-order valence-corrected chi connectivity index (χ2v) is 1.97. The van der Waals surface area contributed by atoms with Crippen LogP contribution in [0.5, 0.6) is 0 Å². The third-order valence-electron chi connectivity index (χ3n) is 1.23. The van der Waals surface area contributed by atoms with Gasteiger partial charge in [0.05, 0.1) is 0 Å². The molecule has 0 atom stereocenters. The maximum absolute atomic E-state index is 8.49. The first-order valence-electron chi connectivity index (χ1n) is 3.14. The van der Waals surface area contributed by atoms with Gasteiger partial charge in [0.25, 0.3) is 0 Å². The van der Waals surface area contributed by atoms with Crippen LogP contribution in [0.3, 0.4) is 0 Å². The summed E-state index contributed by atoms with van der Waals surface area (Å²) in [6.45, 7) is 3.67. The van der Waals surface area contributed by atoms with E-state index >= 15 is 0 Å². The summed E-state index contributed by atoms with van der Waals surface area (Å²) in [6, 6.07) is 1.96. The maximum atomic E-state index is 8.49. The Hall–Kier alpha value is -1.30. The van der Waals surface area contributed by atoms with Crippen molar-refractivity contribution in [3.05, 3.63) is 17.3 Å². The minimum absolute atomic E-state index is 0.417. The number of oxazole rings is 1. The van der Waals surface area contributed by atoms with E-state index in [2.05, 4.69) is 4.98 Å². The largest absolute Gasteiger partial charge is 0.445 e. The van der Waals surface area contributed by atoms with E-state index in [4.69, 9.17) is 9.68 Å². The van der Waals surface area contributed by atoms with Gasteiger partial charge in [-0.3, -0.25) is 0 Å². The van der Waals surface area contributed by atoms with Gasteiger partial charge in [-0.25, -0.2) is 4.98 Å². The number of nitriles is 1. The molecule has 0 aromatic carbocycles. The highest BCUT2D eigenvalue weighted by molar-refractivity contribution is 5.23. The Balaban J connectivity index is 3.12. The van der Waals surface area contributed by atoms with Crippen molar-refractivity contribution < 1.29 is 4.42 Å². The first-order chi connectivity index (χ1) is 4.77. The first-order valence-corrected chi connectivity index (χ1v) is 3.14. The van der Waals surface area contributed by atoms with Gasteiger partial charge in [-0.15, -0.1) is 0 Å². The van der Waals surface area contributed by atoms with Crippen molar-refractivity contribution in [2.45, 2.75) is 20.3 Å². The van der Waals surface area contributed by atoms with Crippen molar-refractivity contribution in [1.29, 1.82) is 5.26 Å². The fourth-order valence-corrected chi connectivity index (χ4v) is 0.796. The number of hydrogen-bond donors (Lipinski definition) is 0. The van der Waals surface area contributed by atoms with Gasteiger partial charge in [-0.05, 0) is 0 Å². The molecule has 0 N–H and O–H groups in total. The van der Waals surface area contributed by atoms with Crippen molar-refractivity contribution in [3.63, 3.8) is 0 Å². The number of aromatic nitrogens is 1. The van der Waals surface area contributed by atoms with E-state index in [-0.39, 0.29) is 0 Å². The molecule has 0 spiro atoms. The normalized spacial score (nSPS) is 9.30. The lowest BCUT2D eigenvalue weighted by Crippen LogP contribution is -1.80. The molecule has 1 rings (SSSR count).